The number of carbonyl (C=O) groups is 2. The van der Waals surface area contributed by atoms with Crippen molar-refractivity contribution >= 4 is 34.2 Å². The molecule has 32 heavy (non-hydrogen) atoms. The van der Waals surface area contributed by atoms with Crippen LogP contribution in [0.15, 0.2) is 59.5 Å². The zero-order valence-electron chi connectivity index (χ0n) is 18.3. The van der Waals surface area contributed by atoms with Crippen LogP contribution in [-0.4, -0.2) is 23.5 Å². The molecule has 3 aliphatic rings. The van der Waals surface area contributed by atoms with Crippen molar-refractivity contribution in [3.05, 3.63) is 65.7 Å². The van der Waals surface area contributed by atoms with Gasteiger partial charge in [-0.3, -0.25) is 9.59 Å². The van der Waals surface area contributed by atoms with Gasteiger partial charge in [-0.25, -0.2) is 0 Å². The predicted octanol–water partition coefficient (Wildman–Crippen LogP) is 6.08. The van der Waals surface area contributed by atoms with Crippen LogP contribution in [-0.2, 0) is 4.79 Å². The summed E-state index contributed by atoms with van der Waals surface area (Å²) in [5.41, 5.74) is 3.62. The summed E-state index contributed by atoms with van der Waals surface area (Å²) >= 11 is 1.57. The van der Waals surface area contributed by atoms with Gasteiger partial charge in [0.05, 0.1) is 5.75 Å². The quantitative estimate of drug-likeness (QED) is 0.382. The number of benzene rings is 3. The molecule has 6 rings (SSSR count). The van der Waals surface area contributed by atoms with Crippen LogP contribution < -0.4 is 5.32 Å². The molecule has 0 heterocycles. The SMILES string of the molecule is C[C@H](NC(=O)CSc1ccc2c3c(cccc13)C(=O)c1ccccc1-2)[C@H]1C[C@H]2CC[C@H]1C2. The van der Waals surface area contributed by atoms with Gasteiger partial charge < -0.3 is 5.32 Å². The number of fused-ring (bicyclic) bond motifs is 4. The standard InChI is InChI=1S/C28H27NO2S/c1-16(24-14-17-9-10-18(24)13-17)29-26(30)15-32-25-12-11-20-19-5-2-3-6-21(19)28(31)23-8-4-7-22(25)27(20)23/h2-8,11-12,16-18,24H,9-10,13-15H2,1H3,(H,29,30)/t16-,17-,18-,24+/m0/s1. The van der Waals surface area contributed by atoms with Crippen molar-refractivity contribution in [2.24, 2.45) is 17.8 Å². The molecule has 4 atom stereocenters. The Morgan fingerprint density at radius 1 is 0.969 bits per heavy atom. The molecule has 4 heteroatoms. The summed E-state index contributed by atoms with van der Waals surface area (Å²) in [4.78, 5) is 26.9. The smallest absolute Gasteiger partial charge is 0.230 e. The van der Waals surface area contributed by atoms with E-state index in [1.807, 2.05) is 36.4 Å². The van der Waals surface area contributed by atoms with E-state index in [9.17, 15) is 9.59 Å². The summed E-state index contributed by atoms with van der Waals surface area (Å²) in [5, 5.41) is 5.34. The fraction of sp³-hybridized carbons (Fsp3) is 0.357. The molecule has 162 valence electrons. The fourth-order valence-electron chi connectivity index (χ4n) is 6.43. The second-order valence-electron chi connectivity index (χ2n) is 9.70. The molecule has 0 unspecified atom stereocenters. The van der Waals surface area contributed by atoms with Crippen LogP contribution in [0.5, 0.6) is 0 Å². The lowest BCUT2D eigenvalue weighted by molar-refractivity contribution is -0.119. The van der Waals surface area contributed by atoms with E-state index in [2.05, 4.69) is 30.4 Å². The van der Waals surface area contributed by atoms with E-state index in [-0.39, 0.29) is 17.7 Å². The van der Waals surface area contributed by atoms with Crippen LogP contribution in [0.3, 0.4) is 0 Å². The van der Waals surface area contributed by atoms with Crippen molar-refractivity contribution in [2.45, 2.75) is 43.5 Å². The number of hydrogen-bond acceptors (Lipinski definition) is 3. The van der Waals surface area contributed by atoms with Crippen molar-refractivity contribution in [1.29, 1.82) is 0 Å². The van der Waals surface area contributed by atoms with Crippen LogP contribution in [0.4, 0.5) is 0 Å². The maximum absolute atomic E-state index is 13.1. The minimum Gasteiger partial charge on any atom is -0.353 e. The lowest BCUT2D eigenvalue weighted by Gasteiger charge is -2.28. The summed E-state index contributed by atoms with van der Waals surface area (Å²) in [5.74, 6) is 2.93. The molecule has 0 aliphatic heterocycles. The monoisotopic (exact) mass is 441 g/mol. The van der Waals surface area contributed by atoms with Gasteiger partial charge >= 0.3 is 0 Å². The highest BCUT2D eigenvalue weighted by Crippen LogP contribution is 2.49. The average Bonchev–Trinajstić information content (AvgIpc) is 3.45. The molecule has 1 amide bonds. The molecule has 2 bridgehead atoms. The summed E-state index contributed by atoms with van der Waals surface area (Å²) in [6, 6.07) is 18.2. The first kappa shape index (κ1) is 20.0. The number of nitrogens with one attached hydrogen (secondary N) is 1. The maximum atomic E-state index is 13.1. The minimum atomic E-state index is 0.0817. The molecule has 0 radical (unpaired) electrons. The lowest BCUT2D eigenvalue weighted by atomic mass is 9.83. The van der Waals surface area contributed by atoms with Crippen LogP contribution >= 0.6 is 11.8 Å². The average molecular weight is 442 g/mol. The molecule has 3 aliphatic carbocycles. The molecule has 3 aromatic rings. The molecular weight excluding hydrogens is 414 g/mol. The predicted molar refractivity (Wildman–Crippen MR) is 130 cm³/mol. The molecule has 0 aromatic heterocycles. The molecule has 0 saturated heterocycles. The first-order valence-electron chi connectivity index (χ1n) is 11.7. The van der Waals surface area contributed by atoms with Gasteiger partial charge in [0, 0.05) is 27.5 Å². The first-order chi connectivity index (χ1) is 15.6. The van der Waals surface area contributed by atoms with Gasteiger partial charge in [0.25, 0.3) is 0 Å². The van der Waals surface area contributed by atoms with E-state index < -0.39 is 0 Å². The minimum absolute atomic E-state index is 0.0817. The van der Waals surface area contributed by atoms with Gasteiger partial charge in [0.1, 0.15) is 0 Å². The van der Waals surface area contributed by atoms with Gasteiger partial charge in [-0.1, -0.05) is 55.0 Å². The van der Waals surface area contributed by atoms with Gasteiger partial charge in [-0.05, 0) is 66.5 Å². The fourth-order valence-corrected chi connectivity index (χ4v) is 7.29. The van der Waals surface area contributed by atoms with E-state index in [0.717, 1.165) is 49.8 Å². The number of hydrogen-bond donors (Lipinski definition) is 1. The number of amides is 1. The second kappa shape index (κ2) is 7.77. The van der Waals surface area contributed by atoms with E-state index >= 15 is 0 Å². The van der Waals surface area contributed by atoms with Crippen molar-refractivity contribution < 1.29 is 9.59 Å². The zero-order valence-corrected chi connectivity index (χ0v) is 19.1. The third-order valence-electron chi connectivity index (χ3n) is 7.89. The van der Waals surface area contributed by atoms with Crippen molar-refractivity contribution in [2.75, 3.05) is 5.75 Å². The Balaban J connectivity index is 1.23. The largest absolute Gasteiger partial charge is 0.353 e. The summed E-state index contributed by atoms with van der Waals surface area (Å²) < 4.78 is 0. The third-order valence-corrected chi connectivity index (χ3v) is 8.96. The van der Waals surface area contributed by atoms with Crippen molar-refractivity contribution in [1.82, 2.24) is 5.32 Å². The first-order valence-corrected chi connectivity index (χ1v) is 12.7. The number of carbonyl (C=O) groups excluding carboxylic acids is 2. The van der Waals surface area contributed by atoms with Crippen LogP contribution in [0.25, 0.3) is 21.9 Å². The number of rotatable bonds is 5. The summed E-state index contributed by atoms with van der Waals surface area (Å²) in [6.07, 6.45) is 5.37. The molecule has 0 spiro atoms. The Hall–Kier alpha value is -2.59. The van der Waals surface area contributed by atoms with Crippen LogP contribution in [0.1, 0.15) is 48.5 Å². The topological polar surface area (TPSA) is 46.2 Å². The van der Waals surface area contributed by atoms with E-state index in [0.29, 0.717) is 11.7 Å². The Kier molecular flexibility index (Phi) is 4.87. The summed E-state index contributed by atoms with van der Waals surface area (Å²) in [6.45, 7) is 2.18. The van der Waals surface area contributed by atoms with E-state index in [1.165, 1.54) is 25.7 Å². The van der Waals surface area contributed by atoms with Crippen molar-refractivity contribution in [3.63, 3.8) is 0 Å². The highest BCUT2D eigenvalue weighted by atomic mass is 32.2. The van der Waals surface area contributed by atoms with Gasteiger partial charge in [-0.15, -0.1) is 11.8 Å². The Morgan fingerprint density at radius 2 is 1.78 bits per heavy atom. The Morgan fingerprint density at radius 3 is 2.56 bits per heavy atom. The Bertz CT molecular complexity index is 1250. The second-order valence-corrected chi connectivity index (χ2v) is 10.7. The van der Waals surface area contributed by atoms with E-state index in [1.54, 1.807) is 11.8 Å². The molecule has 2 fully saturated rings. The Labute approximate surface area is 193 Å². The lowest BCUT2D eigenvalue weighted by Crippen LogP contribution is -2.40. The molecule has 2 saturated carbocycles. The van der Waals surface area contributed by atoms with Gasteiger partial charge in [-0.2, -0.15) is 0 Å². The van der Waals surface area contributed by atoms with Gasteiger partial charge in [0.2, 0.25) is 5.91 Å². The zero-order chi connectivity index (χ0) is 21.8. The molecule has 3 nitrogen and oxygen atoms in total. The third kappa shape index (κ3) is 3.19. The molecule has 3 aromatic carbocycles. The van der Waals surface area contributed by atoms with E-state index in [4.69, 9.17) is 0 Å². The highest BCUT2D eigenvalue weighted by Gasteiger charge is 2.42. The van der Waals surface area contributed by atoms with Gasteiger partial charge in [0.15, 0.2) is 5.78 Å². The summed E-state index contributed by atoms with van der Waals surface area (Å²) in [7, 11) is 0. The molecule has 1 N–H and O–H groups in total. The van der Waals surface area contributed by atoms with Crippen LogP contribution in [0, 0.1) is 17.8 Å². The van der Waals surface area contributed by atoms with Crippen LogP contribution in [0.2, 0.25) is 0 Å². The van der Waals surface area contributed by atoms with Crippen molar-refractivity contribution in [3.8, 4) is 11.1 Å². The number of thioether (sulfide) groups is 1. The number of ketones is 1. The maximum Gasteiger partial charge on any atom is 0.230 e. The molecular formula is C28H27NO2S. The highest BCUT2D eigenvalue weighted by molar-refractivity contribution is 8.00. The normalized spacial score (nSPS) is 23.9.